The predicted octanol–water partition coefficient (Wildman–Crippen LogP) is 5.17. The van der Waals surface area contributed by atoms with Gasteiger partial charge in [0.25, 0.3) is 0 Å². The van der Waals surface area contributed by atoms with Crippen LogP contribution >= 0.6 is 0 Å². The molecule has 25 heavy (non-hydrogen) atoms. The highest BCUT2D eigenvalue weighted by molar-refractivity contribution is 5.61. The number of rotatable bonds is 4. The smallest absolute Gasteiger partial charge is 0.120 e. The second-order valence-corrected chi connectivity index (χ2v) is 7.06. The summed E-state index contributed by atoms with van der Waals surface area (Å²) in [5.41, 5.74) is 4.69. The van der Waals surface area contributed by atoms with E-state index in [2.05, 4.69) is 36.2 Å². The molecule has 0 amide bonds. The van der Waals surface area contributed by atoms with Crippen molar-refractivity contribution in [1.29, 1.82) is 0 Å². The van der Waals surface area contributed by atoms with Crippen molar-refractivity contribution in [2.75, 3.05) is 11.9 Å². The highest BCUT2D eigenvalue weighted by atomic mass is 16.5. The van der Waals surface area contributed by atoms with Gasteiger partial charge in [0.1, 0.15) is 18.1 Å². The molecule has 4 rings (SSSR count). The Hall–Kier alpha value is -2.68. The molecule has 1 aliphatic heterocycles. The van der Waals surface area contributed by atoms with Crippen molar-refractivity contribution in [3.8, 4) is 11.5 Å². The molecule has 3 unspecified atom stereocenters. The number of phenolic OH excluding ortho intramolecular Hbond substituents is 1. The average molecular weight is 333 g/mol. The predicted molar refractivity (Wildman–Crippen MR) is 101 cm³/mol. The summed E-state index contributed by atoms with van der Waals surface area (Å²) in [5, 5.41) is 13.3. The molecule has 3 atom stereocenters. The molecule has 0 radical (unpaired) electrons. The van der Waals surface area contributed by atoms with Gasteiger partial charge in [0.15, 0.2) is 0 Å². The topological polar surface area (TPSA) is 41.5 Å². The Morgan fingerprint density at radius 3 is 2.80 bits per heavy atom. The molecule has 2 aromatic rings. The van der Waals surface area contributed by atoms with E-state index in [1.165, 1.54) is 11.1 Å². The van der Waals surface area contributed by atoms with Gasteiger partial charge in [-0.3, -0.25) is 0 Å². The Kier molecular flexibility index (Phi) is 4.00. The van der Waals surface area contributed by atoms with Crippen LogP contribution in [-0.2, 0) is 0 Å². The van der Waals surface area contributed by atoms with Gasteiger partial charge in [-0.1, -0.05) is 30.9 Å². The first-order valence-corrected chi connectivity index (χ1v) is 8.75. The minimum atomic E-state index is 0.246. The van der Waals surface area contributed by atoms with Gasteiger partial charge in [-0.15, -0.1) is 0 Å². The van der Waals surface area contributed by atoms with E-state index in [4.69, 9.17) is 4.74 Å². The number of aromatic hydroxyl groups is 1. The molecular formula is C22H23NO2. The van der Waals surface area contributed by atoms with Crippen LogP contribution in [0.25, 0.3) is 0 Å². The van der Waals surface area contributed by atoms with Crippen molar-refractivity contribution in [2.45, 2.75) is 25.3 Å². The minimum absolute atomic E-state index is 0.246. The van der Waals surface area contributed by atoms with E-state index in [1.807, 2.05) is 25.1 Å². The zero-order valence-corrected chi connectivity index (χ0v) is 14.4. The van der Waals surface area contributed by atoms with E-state index >= 15 is 0 Å². The van der Waals surface area contributed by atoms with Crippen LogP contribution in [0.5, 0.6) is 11.5 Å². The van der Waals surface area contributed by atoms with Crippen molar-refractivity contribution in [1.82, 2.24) is 0 Å². The molecule has 1 aliphatic carbocycles. The molecule has 2 N–H and O–H groups in total. The van der Waals surface area contributed by atoms with Gasteiger partial charge in [0.2, 0.25) is 0 Å². The standard InChI is InChI=1S/C22H23NO2/c1-14(2)13-25-17-10-11-21-20(12-17)18-4-3-5-19(18)22(23-21)15-6-8-16(24)9-7-15/h3-4,6-12,18-19,22-24H,1,5,13H2,2H3. The van der Waals surface area contributed by atoms with Crippen LogP contribution in [0.4, 0.5) is 5.69 Å². The SMILES string of the molecule is C=C(C)COc1ccc2c(c1)C1C=CCC1C(c1ccc(O)cc1)N2. The van der Waals surface area contributed by atoms with Crippen LogP contribution in [0.3, 0.4) is 0 Å². The van der Waals surface area contributed by atoms with E-state index < -0.39 is 0 Å². The maximum absolute atomic E-state index is 9.57. The van der Waals surface area contributed by atoms with E-state index in [0.717, 1.165) is 23.4 Å². The Morgan fingerprint density at radius 1 is 1.24 bits per heavy atom. The summed E-state index contributed by atoms with van der Waals surface area (Å²) < 4.78 is 5.83. The zero-order valence-electron chi connectivity index (χ0n) is 14.4. The number of nitrogens with one attached hydrogen (secondary N) is 1. The molecule has 1 heterocycles. The summed E-state index contributed by atoms with van der Waals surface area (Å²) in [6.45, 7) is 6.41. The number of hydrogen-bond acceptors (Lipinski definition) is 3. The van der Waals surface area contributed by atoms with Crippen LogP contribution in [0.1, 0.15) is 36.4 Å². The van der Waals surface area contributed by atoms with Crippen molar-refractivity contribution < 1.29 is 9.84 Å². The average Bonchev–Trinajstić information content (AvgIpc) is 3.10. The van der Waals surface area contributed by atoms with Crippen molar-refractivity contribution in [2.24, 2.45) is 5.92 Å². The molecule has 3 nitrogen and oxygen atoms in total. The monoisotopic (exact) mass is 333 g/mol. The normalized spacial score (nSPS) is 23.5. The summed E-state index contributed by atoms with van der Waals surface area (Å²) in [4.78, 5) is 0. The molecule has 0 bridgehead atoms. The highest BCUT2D eigenvalue weighted by Crippen LogP contribution is 2.50. The van der Waals surface area contributed by atoms with Crippen LogP contribution in [0.2, 0.25) is 0 Å². The lowest BCUT2D eigenvalue weighted by Gasteiger charge is -2.37. The Labute approximate surface area is 148 Å². The third kappa shape index (κ3) is 3.02. The third-order valence-electron chi connectivity index (χ3n) is 5.07. The molecular weight excluding hydrogens is 310 g/mol. The van der Waals surface area contributed by atoms with Crippen LogP contribution in [-0.4, -0.2) is 11.7 Å². The summed E-state index contributed by atoms with van der Waals surface area (Å²) in [6.07, 6.45) is 5.65. The molecule has 0 fully saturated rings. The van der Waals surface area contributed by atoms with Gasteiger partial charge in [0.05, 0.1) is 6.04 Å². The number of hydrogen-bond donors (Lipinski definition) is 2. The lowest BCUT2D eigenvalue weighted by Crippen LogP contribution is -2.29. The van der Waals surface area contributed by atoms with Gasteiger partial charge in [-0.05, 0) is 66.3 Å². The number of ether oxygens (including phenoxy) is 1. The largest absolute Gasteiger partial charge is 0.508 e. The molecule has 0 saturated heterocycles. The fraction of sp³-hybridized carbons (Fsp3) is 0.273. The summed E-state index contributed by atoms with van der Waals surface area (Å²) in [7, 11) is 0. The van der Waals surface area contributed by atoms with Gasteiger partial charge in [-0.2, -0.15) is 0 Å². The summed E-state index contributed by atoms with van der Waals surface area (Å²) in [6, 6.07) is 14.1. The maximum Gasteiger partial charge on any atom is 0.120 e. The zero-order chi connectivity index (χ0) is 17.4. The first kappa shape index (κ1) is 15.8. The molecule has 2 aromatic carbocycles. The Balaban J connectivity index is 1.66. The molecule has 0 saturated carbocycles. The lowest BCUT2D eigenvalue weighted by molar-refractivity contribution is 0.350. The minimum Gasteiger partial charge on any atom is -0.508 e. The van der Waals surface area contributed by atoms with Crippen LogP contribution in [0, 0.1) is 5.92 Å². The second kappa shape index (κ2) is 6.32. The number of benzene rings is 2. The van der Waals surface area contributed by atoms with Crippen LogP contribution in [0.15, 0.2) is 66.8 Å². The molecule has 128 valence electrons. The summed E-state index contributed by atoms with van der Waals surface area (Å²) in [5.74, 6) is 2.07. The van der Waals surface area contributed by atoms with Crippen molar-refractivity contribution >= 4 is 5.69 Å². The van der Waals surface area contributed by atoms with E-state index in [-0.39, 0.29) is 6.04 Å². The lowest BCUT2D eigenvalue weighted by atomic mass is 9.77. The fourth-order valence-electron chi connectivity index (χ4n) is 3.88. The Bertz CT molecular complexity index is 822. The molecule has 2 aliphatic rings. The quantitative estimate of drug-likeness (QED) is 0.758. The first-order chi connectivity index (χ1) is 12.1. The van der Waals surface area contributed by atoms with Gasteiger partial charge < -0.3 is 15.2 Å². The number of allylic oxidation sites excluding steroid dienone is 2. The van der Waals surface area contributed by atoms with E-state index in [0.29, 0.717) is 24.2 Å². The second-order valence-electron chi connectivity index (χ2n) is 7.06. The maximum atomic E-state index is 9.57. The van der Waals surface area contributed by atoms with Gasteiger partial charge in [-0.25, -0.2) is 0 Å². The van der Waals surface area contributed by atoms with E-state index in [9.17, 15) is 5.11 Å². The van der Waals surface area contributed by atoms with E-state index in [1.54, 1.807) is 12.1 Å². The van der Waals surface area contributed by atoms with Crippen molar-refractivity contribution in [3.05, 3.63) is 77.9 Å². The third-order valence-corrected chi connectivity index (χ3v) is 5.07. The van der Waals surface area contributed by atoms with Gasteiger partial charge >= 0.3 is 0 Å². The fourth-order valence-corrected chi connectivity index (χ4v) is 3.88. The first-order valence-electron chi connectivity index (χ1n) is 8.75. The van der Waals surface area contributed by atoms with Gasteiger partial charge in [0, 0.05) is 11.6 Å². The number of fused-ring (bicyclic) bond motifs is 3. The van der Waals surface area contributed by atoms with Crippen LogP contribution < -0.4 is 10.1 Å². The van der Waals surface area contributed by atoms with Crippen molar-refractivity contribution in [3.63, 3.8) is 0 Å². The summed E-state index contributed by atoms with van der Waals surface area (Å²) >= 11 is 0. The highest BCUT2D eigenvalue weighted by Gasteiger charge is 2.37. The number of phenols is 1. The number of anilines is 1. The Morgan fingerprint density at radius 2 is 2.04 bits per heavy atom. The molecule has 0 spiro atoms. The molecule has 0 aromatic heterocycles. The molecule has 3 heteroatoms.